The van der Waals surface area contributed by atoms with Crippen LogP contribution in [-0.2, 0) is 6.54 Å². The van der Waals surface area contributed by atoms with Crippen molar-refractivity contribution in [2.24, 2.45) is 0 Å². The second-order valence-corrected chi connectivity index (χ2v) is 4.44. The molecule has 1 aromatic carbocycles. The smallest absolute Gasteiger partial charge is 0.129 e. The molecular formula is C15H16N4. The molecule has 0 aliphatic heterocycles. The number of nitrogens with one attached hydrogen (secondary N) is 1. The van der Waals surface area contributed by atoms with Crippen molar-refractivity contribution in [3.8, 4) is 0 Å². The largest absolute Gasteiger partial charge is 0.370 e. The minimum absolute atomic E-state index is 0.882. The number of aryl methyl sites for hydroxylation is 1. The Morgan fingerprint density at radius 3 is 2.95 bits per heavy atom. The van der Waals surface area contributed by atoms with Crippen LogP contribution in [0.1, 0.15) is 6.42 Å². The molecule has 3 aromatic rings. The van der Waals surface area contributed by atoms with Gasteiger partial charge in [0.1, 0.15) is 12.1 Å². The van der Waals surface area contributed by atoms with Crippen LogP contribution >= 0.6 is 0 Å². The van der Waals surface area contributed by atoms with E-state index in [-0.39, 0.29) is 0 Å². The monoisotopic (exact) mass is 252 g/mol. The molecule has 0 saturated carbocycles. The Balaban J connectivity index is 1.55. The van der Waals surface area contributed by atoms with Crippen LogP contribution in [0.15, 0.2) is 55.1 Å². The van der Waals surface area contributed by atoms with Crippen LogP contribution in [-0.4, -0.2) is 21.1 Å². The fraction of sp³-hybridized carbons (Fsp3) is 0.200. The lowest BCUT2D eigenvalue weighted by molar-refractivity contribution is 0.682. The van der Waals surface area contributed by atoms with Gasteiger partial charge < -0.3 is 9.88 Å². The highest BCUT2D eigenvalue weighted by Gasteiger charge is 1.99. The summed E-state index contributed by atoms with van der Waals surface area (Å²) in [5.41, 5.74) is 1.30. The second-order valence-electron chi connectivity index (χ2n) is 4.44. The van der Waals surface area contributed by atoms with E-state index in [0.717, 1.165) is 25.3 Å². The molecule has 19 heavy (non-hydrogen) atoms. The Bertz CT molecular complexity index is 645. The Morgan fingerprint density at radius 1 is 1.11 bits per heavy atom. The van der Waals surface area contributed by atoms with Crippen LogP contribution in [0.5, 0.6) is 0 Å². The van der Waals surface area contributed by atoms with Gasteiger partial charge in [0, 0.05) is 31.0 Å². The van der Waals surface area contributed by atoms with Crippen molar-refractivity contribution >= 4 is 16.7 Å². The van der Waals surface area contributed by atoms with Crippen LogP contribution in [0.2, 0.25) is 0 Å². The van der Waals surface area contributed by atoms with Gasteiger partial charge >= 0.3 is 0 Å². The topological polar surface area (TPSA) is 42.7 Å². The molecule has 0 unspecified atom stereocenters. The highest BCUT2D eigenvalue weighted by atomic mass is 15.0. The van der Waals surface area contributed by atoms with E-state index in [2.05, 4.69) is 56.4 Å². The van der Waals surface area contributed by atoms with Gasteiger partial charge in [0.2, 0.25) is 0 Å². The zero-order chi connectivity index (χ0) is 12.9. The number of hydrogen-bond donors (Lipinski definition) is 1. The normalized spacial score (nSPS) is 10.7. The minimum Gasteiger partial charge on any atom is -0.370 e. The van der Waals surface area contributed by atoms with E-state index in [1.165, 1.54) is 10.9 Å². The van der Waals surface area contributed by atoms with Crippen molar-refractivity contribution < 1.29 is 0 Å². The SMILES string of the molecule is c1ccc2c(c1)ccn2CCCNc1ccncn1. The summed E-state index contributed by atoms with van der Waals surface area (Å²) in [6.45, 7) is 1.91. The molecule has 3 rings (SSSR count). The molecule has 2 aromatic heterocycles. The summed E-state index contributed by atoms with van der Waals surface area (Å²) in [6.07, 6.45) is 6.51. The van der Waals surface area contributed by atoms with E-state index in [0.29, 0.717) is 0 Å². The van der Waals surface area contributed by atoms with Crippen LogP contribution in [0, 0.1) is 0 Å². The average Bonchev–Trinajstić information content (AvgIpc) is 2.88. The molecule has 0 amide bonds. The number of aromatic nitrogens is 3. The minimum atomic E-state index is 0.882. The fourth-order valence-electron chi connectivity index (χ4n) is 2.20. The second kappa shape index (κ2) is 5.52. The van der Waals surface area contributed by atoms with Gasteiger partial charge in [-0.2, -0.15) is 0 Å². The van der Waals surface area contributed by atoms with Gasteiger partial charge in [-0.1, -0.05) is 18.2 Å². The van der Waals surface area contributed by atoms with Crippen molar-refractivity contribution in [1.82, 2.24) is 14.5 Å². The molecule has 4 nitrogen and oxygen atoms in total. The highest BCUT2D eigenvalue weighted by molar-refractivity contribution is 5.79. The number of hydrogen-bond acceptors (Lipinski definition) is 3. The van der Waals surface area contributed by atoms with Crippen molar-refractivity contribution in [2.75, 3.05) is 11.9 Å². The van der Waals surface area contributed by atoms with Gasteiger partial charge in [-0.15, -0.1) is 0 Å². The molecule has 0 saturated heterocycles. The predicted octanol–water partition coefficient (Wildman–Crippen LogP) is 2.93. The number of fused-ring (bicyclic) bond motifs is 1. The molecule has 0 atom stereocenters. The molecule has 0 aliphatic carbocycles. The summed E-state index contributed by atoms with van der Waals surface area (Å²) in [6, 6.07) is 12.5. The highest BCUT2D eigenvalue weighted by Crippen LogP contribution is 2.15. The van der Waals surface area contributed by atoms with Gasteiger partial charge in [0.25, 0.3) is 0 Å². The third kappa shape index (κ3) is 2.73. The Kier molecular flexibility index (Phi) is 3.40. The maximum atomic E-state index is 4.13. The molecule has 96 valence electrons. The number of benzene rings is 1. The van der Waals surface area contributed by atoms with Crippen molar-refractivity contribution in [3.63, 3.8) is 0 Å². The number of para-hydroxylation sites is 1. The molecule has 2 heterocycles. The predicted molar refractivity (Wildman–Crippen MR) is 77.1 cm³/mol. The Labute approximate surface area is 112 Å². The lowest BCUT2D eigenvalue weighted by Gasteiger charge is -2.07. The summed E-state index contributed by atoms with van der Waals surface area (Å²) in [5, 5.41) is 4.59. The summed E-state index contributed by atoms with van der Waals surface area (Å²) >= 11 is 0. The first-order valence-corrected chi connectivity index (χ1v) is 6.47. The van der Waals surface area contributed by atoms with E-state index >= 15 is 0 Å². The van der Waals surface area contributed by atoms with Crippen LogP contribution in [0.25, 0.3) is 10.9 Å². The summed E-state index contributed by atoms with van der Waals surface area (Å²) < 4.78 is 2.29. The summed E-state index contributed by atoms with van der Waals surface area (Å²) in [7, 11) is 0. The third-order valence-electron chi connectivity index (χ3n) is 3.14. The molecule has 0 fully saturated rings. The van der Waals surface area contributed by atoms with Gasteiger partial charge in [-0.25, -0.2) is 9.97 Å². The maximum absolute atomic E-state index is 4.13. The van der Waals surface area contributed by atoms with Crippen LogP contribution in [0.4, 0.5) is 5.82 Å². The first kappa shape index (κ1) is 11.7. The number of rotatable bonds is 5. The molecule has 1 N–H and O–H groups in total. The van der Waals surface area contributed by atoms with Crippen molar-refractivity contribution in [3.05, 3.63) is 55.1 Å². The van der Waals surface area contributed by atoms with E-state index in [1.54, 1.807) is 12.5 Å². The molecule has 0 radical (unpaired) electrons. The zero-order valence-corrected chi connectivity index (χ0v) is 10.7. The van der Waals surface area contributed by atoms with Crippen molar-refractivity contribution in [2.45, 2.75) is 13.0 Å². The van der Waals surface area contributed by atoms with Crippen LogP contribution < -0.4 is 5.32 Å². The van der Waals surface area contributed by atoms with Gasteiger partial charge in [-0.05, 0) is 30.0 Å². The lowest BCUT2D eigenvalue weighted by Crippen LogP contribution is -2.07. The molecular weight excluding hydrogens is 236 g/mol. The molecule has 0 bridgehead atoms. The molecule has 0 aliphatic rings. The standard InChI is InChI=1S/C15H16N4/c1-2-5-14-13(4-1)7-11-19(14)10-3-8-17-15-6-9-16-12-18-15/h1-2,4-7,9,11-12H,3,8,10H2,(H,16,17,18). The van der Waals surface area contributed by atoms with E-state index in [1.807, 2.05) is 6.07 Å². The van der Waals surface area contributed by atoms with Crippen molar-refractivity contribution in [1.29, 1.82) is 0 Å². The van der Waals surface area contributed by atoms with E-state index < -0.39 is 0 Å². The molecule has 0 spiro atoms. The van der Waals surface area contributed by atoms with Crippen LogP contribution in [0.3, 0.4) is 0 Å². The first-order valence-electron chi connectivity index (χ1n) is 6.47. The first-order chi connectivity index (χ1) is 9.43. The van der Waals surface area contributed by atoms with Gasteiger partial charge in [0.05, 0.1) is 0 Å². The summed E-state index contributed by atoms with van der Waals surface area (Å²) in [5.74, 6) is 0.882. The molecule has 4 heteroatoms. The third-order valence-corrected chi connectivity index (χ3v) is 3.14. The Hall–Kier alpha value is -2.36. The Morgan fingerprint density at radius 2 is 2.05 bits per heavy atom. The van der Waals surface area contributed by atoms with Gasteiger partial charge in [0.15, 0.2) is 0 Å². The van der Waals surface area contributed by atoms with E-state index in [9.17, 15) is 0 Å². The zero-order valence-electron chi connectivity index (χ0n) is 10.7. The number of nitrogens with zero attached hydrogens (tertiary/aromatic N) is 3. The fourth-order valence-corrected chi connectivity index (χ4v) is 2.20. The lowest BCUT2D eigenvalue weighted by atomic mass is 10.2. The quantitative estimate of drug-likeness (QED) is 0.710. The van der Waals surface area contributed by atoms with Gasteiger partial charge in [-0.3, -0.25) is 0 Å². The maximum Gasteiger partial charge on any atom is 0.129 e. The van der Waals surface area contributed by atoms with E-state index in [4.69, 9.17) is 0 Å². The summed E-state index contributed by atoms with van der Waals surface area (Å²) in [4.78, 5) is 8.03. The number of anilines is 1. The average molecular weight is 252 g/mol.